The fourth-order valence-corrected chi connectivity index (χ4v) is 26.7. The van der Waals surface area contributed by atoms with E-state index in [0.29, 0.717) is 118 Å². The number of nitrogens with one attached hydrogen (secondary N) is 1. The van der Waals surface area contributed by atoms with Crippen molar-refractivity contribution in [2.45, 2.75) is 213 Å². The maximum Gasteiger partial charge on any atom is 0.196 e. The number of likely N-dealkylation sites (tertiary alicyclic amines) is 4. The predicted octanol–water partition coefficient (Wildman–Crippen LogP) is 4.48. The van der Waals surface area contributed by atoms with Gasteiger partial charge in [-0.3, -0.25) is 33.9 Å². The number of nitrogens with zero attached hydrogens (tertiary/aromatic N) is 4. The highest BCUT2D eigenvalue weighted by Gasteiger charge is 2.77. The fourth-order valence-electron chi connectivity index (χ4n) is 26.7. The Balaban J connectivity index is 0.0000000879. The van der Waals surface area contributed by atoms with E-state index in [2.05, 4.69) is 44.6 Å². The van der Waals surface area contributed by atoms with E-state index in [1.54, 1.807) is 36.4 Å². The minimum absolute atomic E-state index is 0.000780. The number of carbonyl (C=O) groups is 4. The average Bonchev–Trinajstić information content (AvgIpc) is 1.41. The van der Waals surface area contributed by atoms with Gasteiger partial charge in [0.2, 0.25) is 0 Å². The SMILES string of the molecule is C=CCN1CC[C@]23c4c5ccc(O)c4O[C@H]2C(=O)CC[C@@]3(O)[C@H]1C5.CN1CC[C@@]23C4=CC=C(CO)[C@@H]2Oc2c(O)ccc(c23)C[C@H]41.CN1CC[C@]23c4c5ccc(O)c4O[C@H]2C(=O)C=C[C@@]3(O)[C@H]1C5.CN1CC[C@]23c4c5ccc(O)c4O[C@H]2C(=O)CC[C@@]3(O)[C@H]1C5.O=C1CC[C@@]2(O)[C@H]3Cc4ccc(O)c5c4[C@@]2(CCN3)[C@H]1O5. The van der Waals surface area contributed by atoms with Gasteiger partial charge < -0.3 is 85.0 Å². The molecule has 111 heavy (non-hydrogen) atoms. The number of aromatic hydroxyl groups is 5. The van der Waals surface area contributed by atoms with E-state index in [-0.39, 0.29) is 94.2 Å². The molecule has 3 saturated carbocycles. The number of aliphatic hydroxyl groups excluding tert-OH is 1. The first-order valence-corrected chi connectivity index (χ1v) is 39.8. The van der Waals surface area contributed by atoms with Crippen LogP contribution in [0.5, 0.6) is 57.5 Å². The third kappa shape index (κ3) is 8.29. The van der Waals surface area contributed by atoms with Crippen molar-refractivity contribution in [3.05, 3.63) is 164 Å². The van der Waals surface area contributed by atoms with Crippen molar-refractivity contribution < 1.29 is 93.9 Å². The van der Waals surface area contributed by atoms with Crippen LogP contribution in [0.1, 0.15) is 126 Å². The Morgan fingerprint density at radius 3 is 1.45 bits per heavy atom. The number of hydrogen-bond donors (Lipinski definition) is 11. The molecule has 0 aromatic heterocycles. The molecule has 20 aliphatic rings. The molecule has 5 saturated heterocycles. The highest BCUT2D eigenvalue weighted by Crippen LogP contribution is 2.70. The van der Waals surface area contributed by atoms with E-state index >= 15 is 0 Å². The maximum atomic E-state index is 12.6. The Morgan fingerprint density at radius 1 is 0.468 bits per heavy atom. The third-order valence-corrected chi connectivity index (χ3v) is 31.5. The van der Waals surface area contributed by atoms with Gasteiger partial charge in [0, 0.05) is 90.4 Å². The Kier molecular flexibility index (Phi) is 14.7. The van der Waals surface area contributed by atoms with Crippen LogP contribution in [-0.2, 0) is 78.4 Å². The average molecular weight is 1510 g/mol. The summed E-state index contributed by atoms with van der Waals surface area (Å²) < 4.78 is 29.9. The van der Waals surface area contributed by atoms with E-state index in [1.165, 1.54) is 22.8 Å². The molecule has 24 nitrogen and oxygen atoms in total. The number of carbonyl (C=O) groups excluding carboxylic acids is 4. The highest BCUT2D eigenvalue weighted by molar-refractivity contribution is 5.99. The number of Topliss-reactive ketones (excluding diaryl/α,β-unsaturated/α-hetero) is 3. The van der Waals surface area contributed by atoms with Gasteiger partial charge in [-0.2, -0.15) is 0 Å². The van der Waals surface area contributed by atoms with Crippen molar-refractivity contribution in [1.82, 2.24) is 24.9 Å². The van der Waals surface area contributed by atoms with E-state index in [1.807, 2.05) is 56.6 Å². The lowest BCUT2D eigenvalue weighted by Crippen LogP contribution is -2.76. The van der Waals surface area contributed by atoms with E-state index in [9.17, 15) is 70.2 Å². The number of allylic oxidation sites excluding steroid dienone is 2. The molecule has 10 heterocycles. The Morgan fingerprint density at radius 2 is 0.901 bits per heavy atom. The number of aliphatic hydroxyl groups is 5. The van der Waals surface area contributed by atoms with Crippen molar-refractivity contribution >= 4 is 23.1 Å². The number of hydrogen-bond acceptors (Lipinski definition) is 24. The lowest BCUT2D eigenvalue weighted by molar-refractivity contribution is -0.187. The number of ether oxygens (including phenoxy) is 5. The molecular formula is C87H93N5O19. The summed E-state index contributed by atoms with van der Waals surface area (Å²) in [5.41, 5.74) is 5.54. The van der Waals surface area contributed by atoms with Crippen molar-refractivity contribution in [3.8, 4) is 57.5 Å². The Bertz CT molecular complexity index is 5120. The summed E-state index contributed by atoms with van der Waals surface area (Å²) in [5.74, 6) is 2.80. The molecule has 10 aliphatic heterocycles. The van der Waals surface area contributed by atoms with Crippen LogP contribution in [-0.4, -0.2) is 244 Å². The number of rotatable bonds is 3. The van der Waals surface area contributed by atoms with Crippen LogP contribution in [0, 0.1) is 0 Å². The molecule has 5 aromatic carbocycles. The molecule has 10 bridgehead atoms. The van der Waals surface area contributed by atoms with E-state index < -0.39 is 68.5 Å². The molecule has 5 aromatic rings. The quantitative estimate of drug-likeness (QED) is 0.111. The zero-order valence-corrected chi connectivity index (χ0v) is 62.3. The molecule has 0 unspecified atom stereocenters. The van der Waals surface area contributed by atoms with Crippen LogP contribution >= 0.6 is 0 Å². The predicted molar refractivity (Wildman–Crippen MR) is 399 cm³/mol. The standard InChI is InChI=1S/C19H21NO4.C18H19NO3.C17H19NO4.C17H17NO4.C16H17NO4/c1-2-8-20-9-7-18-15-11-3-4-12(21)16(15)24-17(18)13(22)5-6-19(18,23)14(20)10-11;1-19-7-6-18-12-4-2-11(9-20)17(18)22-16-14(21)5-3-10(15(16)18)8-13(12)19;2*1-18-7-6-16-13-9-2-3-10(19)14(13)22-15(16)11(20)4-5-17(16,21)12(18)8-9;18-9-2-1-8-7-11-16(20)4-3-10(19)14-15(16,5-6-17-11)12(8)13(9)21-14/h2-4,14,17,21,23H,1,5-10H2;2-5,13,17,20-21H,6-9H2,1H3;2-3,12,15,19,21H,4-8H2,1H3;2-5,12,15,19,21H,6-8H2,1H3;1-2,11,14,17-18,20H,3-7H2/t14-,17+,18+,19-;13-,17+,18+;2*12-,15+,16+,17-;11-,14+,15+,16-/m11111/s1. The van der Waals surface area contributed by atoms with Crippen molar-refractivity contribution in [2.24, 2.45) is 0 Å². The monoisotopic (exact) mass is 1510 g/mol. The highest BCUT2D eigenvalue weighted by atomic mass is 16.5. The molecule has 0 radical (unpaired) electrons. The second-order valence-corrected chi connectivity index (χ2v) is 35.4. The van der Waals surface area contributed by atoms with Gasteiger partial charge in [-0.15, -0.1) is 6.58 Å². The molecule has 19 atom stereocenters. The Labute approximate surface area is 640 Å². The number of phenols is 5. The van der Waals surface area contributed by atoms with Gasteiger partial charge in [0.05, 0.1) is 50.5 Å². The molecule has 5 spiro atoms. The summed E-state index contributed by atoms with van der Waals surface area (Å²) in [4.78, 5) is 59.1. The molecule has 25 rings (SSSR count). The first-order chi connectivity index (χ1) is 53.2. The van der Waals surface area contributed by atoms with Crippen molar-refractivity contribution in [2.75, 3.05) is 67.0 Å². The molecular weight excluding hydrogens is 1420 g/mol. The van der Waals surface area contributed by atoms with Gasteiger partial charge in [-0.05, 0) is 212 Å². The second kappa shape index (κ2) is 23.3. The van der Waals surface area contributed by atoms with Gasteiger partial charge in [0.25, 0.3) is 0 Å². The van der Waals surface area contributed by atoms with E-state index in [0.717, 1.165) is 109 Å². The van der Waals surface area contributed by atoms with Crippen LogP contribution in [0.2, 0.25) is 0 Å². The first kappa shape index (κ1) is 70.2. The van der Waals surface area contributed by atoms with E-state index in [4.69, 9.17) is 23.7 Å². The zero-order valence-electron chi connectivity index (χ0n) is 62.3. The number of piperidine rings is 5. The van der Waals surface area contributed by atoms with Gasteiger partial charge >= 0.3 is 0 Å². The molecule has 8 fully saturated rings. The number of benzene rings is 5. The topological polar surface area (TPSA) is 342 Å². The van der Waals surface area contributed by atoms with Crippen LogP contribution in [0.25, 0.3) is 0 Å². The number of ketones is 4. The summed E-state index contributed by atoms with van der Waals surface area (Å²) in [5, 5.41) is 111. The molecule has 24 heteroatoms. The number of phenolic OH excluding ortho intramolecular Hbond substituents is 5. The van der Waals surface area contributed by atoms with Gasteiger partial charge in [-0.1, -0.05) is 48.6 Å². The third-order valence-electron chi connectivity index (χ3n) is 31.5. The van der Waals surface area contributed by atoms with Gasteiger partial charge in [-0.25, -0.2) is 0 Å². The van der Waals surface area contributed by atoms with Crippen LogP contribution < -0.4 is 29.0 Å². The van der Waals surface area contributed by atoms with Crippen molar-refractivity contribution in [3.63, 3.8) is 0 Å². The zero-order chi connectivity index (χ0) is 76.7. The summed E-state index contributed by atoms with van der Waals surface area (Å²) in [6, 6.07) is 18.2. The lowest BCUT2D eigenvalue weighted by atomic mass is 9.49. The summed E-state index contributed by atoms with van der Waals surface area (Å²) in [6.45, 7) is 8.75. The molecule has 0 amide bonds. The summed E-state index contributed by atoms with van der Waals surface area (Å²) >= 11 is 0. The molecule has 11 N–H and O–H groups in total. The first-order valence-electron chi connectivity index (χ1n) is 39.8. The van der Waals surface area contributed by atoms with Gasteiger partial charge in [0.1, 0.15) is 11.7 Å². The maximum absolute atomic E-state index is 12.6. The second-order valence-electron chi connectivity index (χ2n) is 35.4. The lowest BCUT2D eigenvalue weighted by Gasteiger charge is -2.62. The summed E-state index contributed by atoms with van der Waals surface area (Å²) in [6.07, 6.45) is 16.2. The largest absolute Gasteiger partial charge is 0.504 e. The number of likely N-dealkylation sites (N-methyl/N-ethyl adjacent to an activating group) is 3. The van der Waals surface area contributed by atoms with Crippen LogP contribution in [0.4, 0.5) is 0 Å². The molecule has 10 aliphatic carbocycles. The molecule has 580 valence electrons. The fraction of sp³-hybridized carbons (Fsp3) is 0.517. The van der Waals surface area contributed by atoms with Crippen LogP contribution in [0.15, 0.2) is 109 Å². The van der Waals surface area contributed by atoms with Gasteiger partial charge in [0.15, 0.2) is 105 Å². The van der Waals surface area contributed by atoms with Crippen molar-refractivity contribution in [1.29, 1.82) is 0 Å². The minimum atomic E-state index is -1.13. The Hall–Kier alpha value is -8.66. The summed E-state index contributed by atoms with van der Waals surface area (Å²) in [7, 11) is 6.24. The smallest absolute Gasteiger partial charge is 0.196 e. The van der Waals surface area contributed by atoms with Crippen LogP contribution in [0.3, 0.4) is 0 Å². The minimum Gasteiger partial charge on any atom is -0.504 e. The normalized spacial score (nSPS) is 39.9.